The Balaban J connectivity index is 1.49. The number of H-pyrrole nitrogens is 2. The Morgan fingerprint density at radius 3 is 2.75 bits per heavy atom. The van der Waals surface area contributed by atoms with Crippen molar-refractivity contribution in [3.8, 4) is 0 Å². The summed E-state index contributed by atoms with van der Waals surface area (Å²) in [5, 5.41) is 12.7. The SMILES string of the molecule is Cn1nccc1Cc1n[nH]c2cc3[nH]c(C(=O)Cc4ccccc4)nc3cc12. The standard InChI is InChI=1S/C21H18N6O/c1-27-14(7-8-22-27)10-16-15-11-18-19(12-17(15)26-25-16)24-21(23-18)20(28)9-13-5-3-2-4-6-13/h2-8,11-12H,9-10H2,1H3,(H,23,24)(H,25,26). The Hall–Kier alpha value is -3.74. The van der Waals surface area contributed by atoms with Crippen molar-refractivity contribution in [3.63, 3.8) is 0 Å². The first-order valence-electron chi connectivity index (χ1n) is 9.08. The molecule has 0 aliphatic heterocycles. The van der Waals surface area contributed by atoms with Crippen LogP contribution < -0.4 is 0 Å². The van der Waals surface area contributed by atoms with Crippen LogP contribution in [-0.2, 0) is 19.9 Å². The highest BCUT2D eigenvalue weighted by Crippen LogP contribution is 2.24. The molecule has 5 rings (SSSR count). The first-order chi connectivity index (χ1) is 13.7. The van der Waals surface area contributed by atoms with Crippen molar-refractivity contribution >= 4 is 27.7 Å². The normalized spacial score (nSPS) is 11.5. The van der Waals surface area contributed by atoms with Crippen LogP contribution in [0.2, 0.25) is 0 Å². The molecule has 2 N–H and O–H groups in total. The van der Waals surface area contributed by atoms with E-state index in [1.807, 2.05) is 60.3 Å². The zero-order valence-corrected chi connectivity index (χ0v) is 15.3. The van der Waals surface area contributed by atoms with Gasteiger partial charge in [-0.1, -0.05) is 30.3 Å². The molecule has 0 aliphatic rings. The van der Waals surface area contributed by atoms with Crippen LogP contribution in [0.4, 0.5) is 0 Å². The number of aromatic amines is 2. The minimum atomic E-state index is -0.0284. The number of aromatic nitrogens is 6. The maximum atomic E-state index is 12.6. The van der Waals surface area contributed by atoms with Crippen molar-refractivity contribution in [2.45, 2.75) is 12.8 Å². The van der Waals surface area contributed by atoms with Crippen LogP contribution in [-0.4, -0.2) is 35.7 Å². The van der Waals surface area contributed by atoms with E-state index in [4.69, 9.17) is 0 Å². The Kier molecular flexibility index (Phi) is 3.79. The second-order valence-corrected chi connectivity index (χ2v) is 6.88. The van der Waals surface area contributed by atoms with Crippen LogP contribution in [0.25, 0.3) is 21.9 Å². The Bertz CT molecular complexity index is 1290. The molecule has 5 aromatic rings. The summed E-state index contributed by atoms with van der Waals surface area (Å²) in [4.78, 5) is 20.3. The summed E-state index contributed by atoms with van der Waals surface area (Å²) in [5.74, 6) is 0.354. The number of fused-ring (bicyclic) bond motifs is 2. The number of carbonyl (C=O) groups is 1. The van der Waals surface area contributed by atoms with Gasteiger partial charge in [-0.25, -0.2) is 4.98 Å². The van der Waals surface area contributed by atoms with E-state index in [9.17, 15) is 4.79 Å². The molecule has 0 amide bonds. The molecule has 28 heavy (non-hydrogen) atoms. The molecule has 0 saturated heterocycles. The molecule has 0 bridgehead atoms. The lowest BCUT2D eigenvalue weighted by molar-refractivity contribution is 0.0984. The minimum absolute atomic E-state index is 0.0284. The van der Waals surface area contributed by atoms with Gasteiger partial charge in [-0.2, -0.15) is 10.2 Å². The third-order valence-corrected chi connectivity index (χ3v) is 4.99. The third-order valence-electron chi connectivity index (χ3n) is 4.99. The zero-order valence-electron chi connectivity index (χ0n) is 15.3. The van der Waals surface area contributed by atoms with Crippen LogP contribution in [0, 0.1) is 0 Å². The number of hydrogen-bond acceptors (Lipinski definition) is 4. The van der Waals surface area contributed by atoms with E-state index >= 15 is 0 Å². The van der Waals surface area contributed by atoms with E-state index in [-0.39, 0.29) is 5.78 Å². The lowest BCUT2D eigenvalue weighted by atomic mass is 10.1. The number of aryl methyl sites for hydroxylation is 1. The average Bonchev–Trinajstić information content (AvgIpc) is 3.40. The molecule has 0 saturated carbocycles. The molecule has 0 unspecified atom stereocenters. The molecular weight excluding hydrogens is 352 g/mol. The number of rotatable bonds is 5. The van der Waals surface area contributed by atoms with Gasteiger partial charge in [0, 0.05) is 37.2 Å². The van der Waals surface area contributed by atoms with Crippen molar-refractivity contribution in [1.29, 1.82) is 0 Å². The predicted octanol–water partition coefficient (Wildman–Crippen LogP) is 3.19. The van der Waals surface area contributed by atoms with Crippen molar-refractivity contribution in [3.05, 3.63) is 77.5 Å². The van der Waals surface area contributed by atoms with Crippen LogP contribution in [0.15, 0.2) is 54.7 Å². The number of hydrogen-bond donors (Lipinski definition) is 2. The molecule has 0 radical (unpaired) electrons. The first-order valence-corrected chi connectivity index (χ1v) is 9.08. The summed E-state index contributed by atoms with van der Waals surface area (Å²) in [5.41, 5.74) is 5.48. The Morgan fingerprint density at radius 2 is 1.96 bits per heavy atom. The van der Waals surface area contributed by atoms with Gasteiger partial charge in [-0.3, -0.25) is 14.6 Å². The second-order valence-electron chi connectivity index (χ2n) is 6.88. The minimum Gasteiger partial charge on any atom is -0.335 e. The molecular formula is C21H18N6O. The average molecular weight is 370 g/mol. The number of ketones is 1. The summed E-state index contributed by atoms with van der Waals surface area (Å²) < 4.78 is 1.84. The summed E-state index contributed by atoms with van der Waals surface area (Å²) in [6.45, 7) is 0. The molecule has 0 aliphatic carbocycles. The van der Waals surface area contributed by atoms with E-state index in [1.165, 1.54) is 0 Å². The maximum Gasteiger partial charge on any atom is 0.202 e. The number of imidazole rings is 1. The number of nitrogens with zero attached hydrogens (tertiary/aromatic N) is 4. The Morgan fingerprint density at radius 1 is 1.11 bits per heavy atom. The van der Waals surface area contributed by atoms with Gasteiger partial charge in [0.2, 0.25) is 5.78 Å². The monoisotopic (exact) mass is 370 g/mol. The fraction of sp³-hybridized carbons (Fsp3) is 0.143. The van der Waals surface area contributed by atoms with E-state index in [0.717, 1.165) is 38.9 Å². The number of nitrogens with one attached hydrogen (secondary N) is 2. The molecule has 3 heterocycles. The lowest BCUT2D eigenvalue weighted by Crippen LogP contribution is -2.05. The van der Waals surface area contributed by atoms with Crippen molar-refractivity contribution < 1.29 is 4.79 Å². The molecule has 7 nitrogen and oxygen atoms in total. The second kappa shape index (κ2) is 6.45. The fourth-order valence-electron chi connectivity index (χ4n) is 3.45. The quantitative estimate of drug-likeness (QED) is 0.465. The molecule has 0 spiro atoms. The predicted molar refractivity (Wildman–Crippen MR) is 106 cm³/mol. The smallest absolute Gasteiger partial charge is 0.202 e. The highest BCUT2D eigenvalue weighted by Gasteiger charge is 2.15. The molecule has 2 aromatic carbocycles. The van der Waals surface area contributed by atoms with E-state index < -0.39 is 0 Å². The maximum absolute atomic E-state index is 12.6. The van der Waals surface area contributed by atoms with Gasteiger partial charge < -0.3 is 4.98 Å². The molecule has 138 valence electrons. The highest BCUT2D eigenvalue weighted by molar-refractivity contribution is 6.00. The van der Waals surface area contributed by atoms with Crippen LogP contribution in [0.3, 0.4) is 0 Å². The number of benzene rings is 2. The Labute approximate surface area is 160 Å². The van der Waals surface area contributed by atoms with Gasteiger partial charge in [0.1, 0.15) is 0 Å². The van der Waals surface area contributed by atoms with Gasteiger partial charge in [-0.05, 0) is 23.8 Å². The van der Waals surface area contributed by atoms with Gasteiger partial charge in [0.25, 0.3) is 0 Å². The number of Topliss-reactive ketones (excluding diaryl/α,β-unsaturated/α-hetero) is 1. The van der Waals surface area contributed by atoms with Gasteiger partial charge in [-0.15, -0.1) is 0 Å². The fourth-order valence-corrected chi connectivity index (χ4v) is 3.45. The lowest BCUT2D eigenvalue weighted by Gasteiger charge is -1.99. The van der Waals surface area contributed by atoms with Crippen LogP contribution >= 0.6 is 0 Å². The molecule has 7 heteroatoms. The van der Waals surface area contributed by atoms with E-state index in [2.05, 4.69) is 25.3 Å². The van der Waals surface area contributed by atoms with Crippen molar-refractivity contribution in [1.82, 2.24) is 29.9 Å². The zero-order chi connectivity index (χ0) is 19.1. The third kappa shape index (κ3) is 2.87. The van der Waals surface area contributed by atoms with Gasteiger partial charge in [0.15, 0.2) is 5.82 Å². The van der Waals surface area contributed by atoms with E-state index in [0.29, 0.717) is 18.7 Å². The summed E-state index contributed by atoms with van der Waals surface area (Å²) in [7, 11) is 1.92. The van der Waals surface area contributed by atoms with Gasteiger partial charge >= 0.3 is 0 Å². The van der Waals surface area contributed by atoms with Crippen LogP contribution in [0.5, 0.6) is 0 Å². The summed E-state index contributed by atoms with van der Waals surface area (Å²) >= 11 is 0. The molecule has 0 atom stereocenters. The first kappa shape index (κ1) is 16.4. The highest BCUT2D eigenvalue weighted by atomic mass is 16.1. The van der Waals surface area contributed by atoms with Crippen molar-refractivity contribution in [2.75, 3.05) is 0 Å². The van der Waals surface area contributed by atoms with E-state index in [1.54, 1.807) is 6.20 Å². The largest absolute Gasteiger partial charge is 0.335 e. The van der Waals surface area contributed by atoms with Crippen LogP contribution in [0.1, 0.15) is 27.6 Å². The number of carbonyl (C=O) groups excluding carboxylic acids is 1. The van der Waals surface area contributed by atoms with Crippen molar-refractivity contribution in [2.24, 2.45) is 7.05 Å². The molecule has 3 aromatic heterocycles. The summed E-state index contributed by atoms with van der Waals surface area (Å²) in [6.07, 6.45) is 2.78. The van der Waals surface area contributed by atoms with Gasteiger partial charge in [0.05, 0.1) is 22.2 Å². The summed E-state index contributed by atoms with van der Waals surface area (Å²) in [6, 6.07) is 15.6. The topological polar surface area (TPSA) is 92.2 Å². The molecule has 0 fully saturated rings.